The number of methoxy groups -OCH3 is 1. The van der Waals surface area contributed by atoms with Crippen molar-refractivity contribution < 1.29 is 9.53 Å². The first-order valence-electron chi connectivity index (χ1n) is 5.13. The van der Waals surface area contributed by atoms with Crippen LogP contribution in [0.1, 0.15) is 36.0 Å². The zero-order valence-electron chi connectivity index (χ0n) is 8.77. The number of ketones is 1. The van der Waals surface area contributed by atoms with Gasteiger partial charge in [-0.3, -0.25) is 4.79 Å². The molecule has 0 saturated heterocycles. The van der Waals surface area contributed by atoms with Gasteiger partial charge in [0.2, 0.25) is 0 Å². The van der Waals surface area contributed by atoms with Gasteiger partial charge in [-0.2, -0.15) is 0 Å². The van der Waals surface area contributed by atoms with Crippen molar-refractivity contribution in [3.05, 3.63) is 24.3 Å². The second-order valence-electron chi connectivity index (χ2n) is 3.86. The number of ether oxygens (including phenoxy) is 1. The van der Waals surface area contributed by atoms with Gasteiger partial charge < -0.3 is 4.74 Å². The van der Waals surface area contributed by atoms with Crippen LogP contribution in [-0.4, -0.2) is 28.5 Å². The SMILES string of the molecule is COC1(C(=O)c2cncnc2)CCCC1. The molecule has 1 aromatic heterocycles. The summed E-state index contributed by atoms with van der Waals surface area (Å²) >= 11 is 0. The van der Waals surface area contributed by atoms with E-state index in [9.17, 15) is 4.79 Å². The minimum absolute atomic E-state index is 0.0168. The molecule has 0 aliphatic heterocycles. The molecule has 15 heavy (non-hydrogen) atoms. The summed E-state index contributed by atoms with van der Waals surface area (Å²) < 4.78 is 5.41. The van der Waals surface area contributed by atoms with Crippen LogP contribution in [0.2, 0.25) is 0 Å². The fraction of sp³-hybridized carbons (Fsp3) is 0.545. The number of rotatable bonds is 3. The molecule has 0 atom stereocenters. The number of hydrogen-bond donors (Lipinski definition) is 0. The number of Topliss-reactive ketones (excluding diaryl/α,β-unsaturated/α-hetero) is 1. The van der Waals surface area contributed by atoms with Gasteiger partial charge in [-0.25, -0.2) is 9.97 Å². The third-order valence-corrected chi connectivity index (χ3v) is 3.04. The second kappa shape index (κ2) is 4.06. The van der Waals surface area contributed by atoms with Crippen molar-refractivity contribution in [3.63, 3.8) is 0 Å². The lowest BCUT2D eigenvalue weighted by molar-refractivity contribution is 0.00596. The molecule has 0 bridgehead atoms. The van der Waals surface area contributed by atoms with E-state index in [1.807, 2.05) is 0 Å². The summed E-state index contributed by atoms with van der Waals surface area (Å²) in [6.45, 7) is 0. The Morgan fingerprint density at radius 2 is 1.93 bits per heavy atom. The van der Waals surface area contributed by atoms with Crippen LogP contribution in [-0.2, 0) is 4.74 Å². The van der Waals surface area contributed by atoms with Gasteiger partial charge in [0.25, 0.3) is 0 Å². The zero-order valence-corrected chi connectivity index (χ0v) is 8.77. The molecule has 0 spiro atoms. The first-order chi connectivity index (χ1) is 7.28. The van der Waals surface area contributed by atoms with E-state index < -0.39 is 5.60 Å². The van der Waals surface area contributed by atoms with E-state index in [1.54, 1.807) is 19.5 Å². The molecular formula is C11H14N2O2. The van der Waals surface area contributed by atoms with E-state index in [4.69, 9.17) is 4.74 Å². The normalized spacial score (nSPS) is 19.0. The molecule has 80 valence electrons. The summed E-state index contributed by atoms with van der Waals surface area (Å²) in [5, 5.41) is 0. The van der Waals surface area contributed by atoms with E-state index >= 15 is 0 Å². The van der Waals surface area contributed by atoms with Gasteiger partial charge in [-0.15, -0.1) is 0 Å². The Bertz CT molecular complexity index is 345. The maximum Gasteiger partial charge on any atom is 0.197 e. The van der Waals surface area contributed by atoms with E-state index in [0.717, 1.165) is 25.7 Å². The van der Waals surface area contributed by atoms with E-state index in [2.05, 4.69) is 9.97 Å². The van der Waals surface area contributed by atoms with E-state index in [-0.39, 0.29) is 5.78 Å². The van der Waals surface area contributed by atoms with Crippen molar-refractivity contribution in [2.45, 2.75) is 31.3 Å². The summed E-state index contributed by atoms with van der Waals surface area (Å²) in [6.07, 6.45) is 8.22. The van der Waals surface area contributed by atoms with Crippen molar-refractivity contribution in [2.75, 3.05) is 7.11 Å². The Kier molecular flexibility index (Phi) is 2.77. The number of carbonyl (C=O) groups excluding carboxylic acids is 1. The molecule has 1 aliphatic rings. The van der Waals surface area contributed by atoms with Crippen LogP contribution in [0.25, 0.3) is 0 Å². The summed E-state index contributed by atoms with van der Waals surface area (Å²) in [5.74, 6) is 0.0168. The predicted octanol–water partition coefficient (Wildman–Crippen LogP) is 1.62. The highest BCUT2D eigenvalue weighted by atomic mass is 16.5. The van der Waals surface area contributed by atoms with Gasteiger partial charge in [0.15, 0.2) is 5.78 Å². The van der Waals surface area contributed by atoms with Gasteiger partial charge in [0.1, 0.15) is 11.9 Å². The van der Waals surface area contributed by atoms with Crippen molar-refractivity contribution in [1.82, 2.24) is 9.97 Å². The van der Waals surface area contributed by atoms with Gasteiger partial charge in [0.05, 0.1) is 5.56 Å². The van der Waals surface area contributed by atoms with Gasteiger partial charge in [0, 0.05) is 19.5 Å². The van der Waals surface area contributed by atoms with Gasteiger partial charge in [-0.05, 0) is 25.7 Å². The lowest BCUT2D eigenvalue weighted by Crippen LogP contribution is -2.37. The molecule has 2 rings (SSSR count). The summed E-state index contributed by atoms with van der Waals surface area (Å²) in [6, 6.07) is 0. The Morgan fingerprint density at radius 3 is 2.47 bits per heavy atom. The molecule has 1 fully saturated rings. The van der Waals surface area contributed by atoms with Crippen LogP contribution in [0.15, 0.2) is 18.7 Å². The maximum atomic E-state index is 12.2. The van der Waals surface area contributed by atoms with Crippen LogP contribution >= 0.6 is 0 Å². The number of nitrogens with zero attached hydrogens (tertiary/aromatic N) is 2. The Labute approximate surface area is 88.7 Å². The first-order valence-corrected chi connectivity index (χ1v) is 5.13. The third kappa shape index (κ3) is 1.77. The predicted molar refractivity (Wildman–Crippen MR) is 54.6 cm³/mol. The lowest BCUT2D eigenvalue weighted by Gasteiger charge is -2.25. The van der Waals surface area contributed by atoms with Crippen LogP contribution in [0, 0.1) is 0 Å². The highest BCUT2D eigenvalue weighted by molar-refractivity contribution is 6.02. The molecule has 0 N–H and O–H groups in total. The van der Waals surface area contributed by atoms with Crippen LogP contribution < -0.4 is 0 Å². The molecule has 4 nitrogen and oxygen atoms in total. The number of hydrogen-bond acceptors (Lipinski definition) is 4. The lowest BCUT2D eigenvalue weighted by atomic mass is 9.92. The smallest absolute Gasteiger partial charge is 0.197 e. The minimum atomic E-state index is -0.620. The largest absolute Gasteiger partial charge is 0.370 e. The average molecular weight is 206 g/mol. The van der Waals surface area contributed by atoms with Crippen molar-refractivity contribution in [2.24, 2.45) is 0 Å². The Balaban J connectivity index is 2.27. The van der Waals surface area contributed by atoms with Crippen LogP contribution in [0.3, 0.4) is 0 Å². The van der Waals surface area contributed by atoms with Crippen molar-refractivity contribution in [3.8, 4) is 0 Å². The van der Waals surface area contributed by atoms with Gasteiger partial charge in [-0.1, -0.05) is 0 Å². The molecule has 1 aromatic rings. The van der Waals surface area contributed by atoms with Crippen LogP contribution in [0.4, 0.5) is 0 Å². The molecule has 1 saturated carbocycles. The molecule has 1 heterocycles. The summed E-state index contributed by atoms with van der Waals surface area (Å²) in [4.78, 5) is 19.9. The molecule has 0 radical (unpaired) electrons. The highest BCUT2D eigenvalue weighted by Gasteiger charge is 2.41. The molecular weight excluding hydrogens is 192 g/mol. The fourth-order valence-electron chi connectivity index (χ4n) is 2.15. The molecule has 0 amide bonds. The summed E-state index contributed by atoms with van der Waals surface area (Å²) in [7, 11) is 1.60. The van der Waals surface area contributed by atoms with E-state index in [1.165, 1.54) is 6.33 Å². The summed E-state index contributed by atoms with van der Waals surface area (Å²) in [5.41, 5.74) is -0.0775. The molecule has 1 aliphatic carbocycles. The molecule has 0 unspecified atom stereocenters. The third-order valence-electron chi connectivity index (χ3n) is 3.04. The van der Waals surface area contributed by atoms with Gasteiger partial charge >= 0.3 is 0 Å². The molecule has 0 aromatic carbocycles. The fourth-order valence-corrected chi connectivity index (χ4v) is 2.15. The monoisotopic (exact) mass is 206 g/mol. The van der Waals surface area contributed by atoms with E-state index in [0.29, 0.717) is 5.56 Å². The Hall–Kier alpha value is -1.29. The number of aromatic nitrogens is 2. The molecule has 4 heteroatoms. The quantitative estimate of drug-likeness (QED) is 0.705. The standard InChI is InChI=1S/C11H14N2O2/c1-15-11(4-2-3-5-11)10(14)9-6-12-8-13-7-9/h6-8H,2-5H2,1H3. The van der Waals surface area contributed by atoms with Crippen LogP contribution in [0.5, 0.6) is 0 Å². The minimum Gasteiger partial charge on any atom is -0.370 e. The van der Waals surface area contributed by atoms with Crippen molar-refractivity contribution in [1.29, 1.82) is 0 Å². The maximum absolute atomic E-state index is 12.2. The Morgan fingerprint density at radius 1 is 1.33 bits per heavy atom. The zero-order chi connectivity index (χ0) is 10.7. The topological polar surface area (TPSA) is 52.1 Å². The van der Waals surface area contributed by atoms with Crippen molar-refractivity contribution >= 4 is 5.78 Å². The highest BCUT2D eigenvalue weighted by Crippen LogP contribution is 2.35. The second-order valence-corrected chi connectivity index (χ2v) is 3.86. The average Bonchev–Trinajstić information content (AvgIpc) is 2.79. The first kappa shape index (κ1) is 10.2. The number of carbonyl (C=O) groups is 1.